The first-order valence-corrected chi connectivity index (χ1v) is 6.14. The molecular weight excluding hydrogens is 236 g/mol. The molecule has 0 aromatic carbocycles. The van der Waals surface area contributed by atoms with Gasteiger partial charge in [0.2, 0.25) is 0 Å². The highest BCUT2D eigenvalue weighted by Crippen LogP contribution is 2.18. The number of anilines is 1. The van der Waals surface area contributed by atoms with Crippen LogP contribution < -0.4 is 11.1 Å². The van der Waals surface area contributed by atoms with Gasteiger partial charge in [-0.25, -0.2) is 0 Å². The third-order valence-corrected chi connectivity index (χ3v) is 3.42. The molecule has 1 amide bonds. The number of hydrogen-bond donors (Lipinski definition) is 2. The van der Waals surface area contributed by atoms with E-state index in [1.54, 1.807) is 16.9 Å². The first-order chi connectivity index (χ1) is 8.18. The monoisotopic (exact) mass is 250 g/mol. The second kappa shape index (κ2) is 5.01. The van der Waals surface area contributed by atoms with Crippen LogP contribution in [0.1, 0.15) is 15.4 Å². The fourth-order valence-corrected chi connectivity index (χ4v) is 2.27. The van der Waals surface area contributed by atoms with Crippen LogP contribution in [0.2, 0.25) is 0 Å². The van der Waals surface area contributed by atoms with Gasteiger partial charge in [0.25, 0.3) is 5.91 Å². The predicted molar refractivity (Wildman–Crippen MR) is 68.0 cm³/mol. The summed E-state index contributed by atoms with van der Waals surface area (Å²) in [4.78, 5) is 12.3. The summed E-state index contributed by atoms with van der Waals surface area (Å²) in [6, 6.07) is 3.67. The average molecular weight is 250 g/mol. The molecule has 0 saturated carbocycles. The summed E-state index contributed by atoms with van der Waals surface area (Å²) < 4.78 is 1.80. The van der Waals surface area contributed by atoms with Gasteiger partial charge in [-0.3, -0.25) is 9.48 Å². The lowest BCUT2D eigenvalue weighted by Gasteiger charge is -2.04. The molecule has 0 saturated heterocycles. The van der Waals surface area contributed by atoms with Gasteiger partial charge in [0, 0.05) is 31.9 Å². The number of amides is 1. The molecule has 0 fully saturated rings. The van der Waals surface area contributed by atoms with Crippen molar-refractivity contribution < 1.29 is 4.79 Å². The molecule has 6 heteroatoms. The second-order valence-electron chi connectivity index (χ2n) is 3.66. The Bertz CT molecular complexity index is 517. The summed E-state index contributed by atoms with van der Waals surface area (Å²) >= 11 is 1.35. The molecule has 0 aliphatic carbocycles. The van der Waals surface area contributed by atoms with E-state index in [1.165, 1.54) is 11.3 Å². The van der Waals surface area contributed by atoms with Gasteiger partial charge in [0.15, 0.2) is 0 Å². The number of aryl methyl sites for hydroxylation is 1. The third kappa shape index (κ3) is 2.65. The van der Waals surface area contributed by atoms with E-state index in [-0.39, 0.29) is 5.91 Å². The Morgan fingerprint density at radius 1 is 1.59 bits per heavy atom. The van der Waals surface area contributed by atoms with E-state index in [4.69, 9.17) is 5.73 Å². The molecule has 90 valence electrons. The van der Waals surface area contributed by atoms with E-state index in [0.29, 0.717) is 17.1 Å². The molecule has 2 aromatic heterocycles. The van der Waals surface area contributed by atoms with E-state index < -0.39 is 0 Å². The fraction of sp³-hybridized carbons (Fsp3) is 0.273. The normalized spacial score (nSPS) is 10.4. The highest BCUT2D eigenvalue weighted by atomic mass is 32.1. The van der Waals surface area contributed by atoms with Gasteiger partial charge in [-0.2, -0.15) is 5.10 Å². The molecule has 2 heterocycles. The number of aromatic nitrogens is 2. The molecule has 2 rings (SSSR count). The Hall–Kier alpha value is -1.82. The third-order valence-electron chi connectivity index (χ3n) is 2.49. The largest absolute Gasteiger partial charge is 0.397 e. The van der Waals surface area contributed by atoms with Crippen molar-refractivity contribution in [2.75, 3.05) is 12.3 Å². The topological polar surface area (TPSA) is 72.9 Å². The number of thiophene rings is 1. The van der Waals surface area contributed by atoms with Crippen molar-refractivity contribution in [3.8, 4) is 0 Å². The fourth-order valence-electron chi connectivity index (χ4n) is 1.53. The molecular formula is C11H14N4OS. The maximum atomic E-state index is 11.7. The van der Waals surface area contributed by atoms with Crippen molar-refractivity contribution in [2.45, 2.75) is 6.42 Å². The molecule has 0 radical (unpaired) electrons. The van der Waals surface area contributed by atoms with Crippen molar-refractivity contribution in [1.29, 1.82) is 0 Å². The highest BCUT2D eigenvalue weighted by Gasteiger charge is 2.10. The Morgan fingerprint density at radius 3 is 3.00 bits per heavy atom. The van der Waals surface area contributed by atoms with E-state index in [1.807, 2.05) is 18.5 Å². The molecule has 0 aliphatic rings. The SMILES string of the molecule is Cn1nccc1CCNC(=O)c1sccc1N. The summed E-state index contributed by atoms with van der Waals surface area (Å²) in [6.07, 6.45) is 2.50. The van der Waals surface area contributed by atoms with Crippen molar-refractivity contribution >= 4 is 22.9 Å². The van der Waals surface area contributed by atoms with Crippen LogP contribution >= 0.6 is 11.3 Å². The number of nitrogen functional groups attached to an aromatic ring is 1. The van der Waals surface area contributed by atoms with Crippen LogP contribution in [0.15, 0.2) is 23.7 Å². The molecule has 3 N–H and O–H groups in total. The van der Waals surface area contributed by atoms with Crippen molar-refractivity contribution in [3.05, 3.63) is 34.3 Å². The lowest BCUT2D eigenvalue weighted by Crippen LogP contribution is -2.26. The number of nitrogens with two attached hydrogens (primary N) is 1. The van der Waals surface area contributed by atoms with Crippen LogP contribution in [-0.2, 0) is 13.5 Å². The maximum absolute atomic E-state index is 11.7. The Morgan fingerprint density at radius 2 is 2.41 bits per heavy atom. The van der Waals surface area contributed by atoms with Gasteiger partial charge in [-0.15, -0.1) is 11.3 Å². The van der Waals surface area contributed by atoms with Gasteiger partial charge in [0.1, 0.15) is 4.88 Å². The zero-order valence-electron chi connectivity index (χ0n) is 9.51. The highest BCUT2D eigenvalue weighted by molar-refractivity contribution is 7.12. The van der Waals surface area contributed by atoms with Crippen LogP contribution in [-0.4, -0.2) is 22.2 Å². The number of rotatable bonds is 4. The van der Waals surface area contributed by atoms with Crippen LogP contribution in [0.4, 0.5) is 5.69 Å². The van der Waals surface area contributed by atoms with E-state index in [0.717, 1.165) is 12.1 Å². The van der Waals surface area contributed by atoms with Crippen molar-refractivity contribution in [2.24, 2.45) is 7.05 Å². The minimum absolute atomic E-state index is 0.111. The molecule has 0 unspecified atom stereocenters. The Kier molecular flexibility index (Phi) is 3.43. The summed E-state index contributed by atoms with van der Waals surface area (Å²) in [5, 5.41) is 8.72. The van der Waals surface area contributed by atoms with Gasteiger partial charge >= 0.3 is 0 Å². The minimum Gasteiger partial charge on any atom is -0.397 e. The number of nitrogens with zero attached hydrogens (tertiary/aromatic N) is 2. The lowest BCUT2D eigenvalue weighted by molar-refractivity contribution is 0.0959. The molecule has 0 spiro atoms. The van der Waals surface area contributed by atoms with E-state index >= 15 is 0 Å². The lowest BCUT2D eigenvalue weighted by atomic mass is 10.3. The molecule has 5 nitrogen and oxygen atoms in total. The van der Waals surface area contributed by atoms with E-state index in [2.05, 4.69) is 10.4 Å². The predicted octanol–water partition coefficient (Wildman–Crippen LogP) is 1.04. The van der Waals surface area contributed by atoms with Gasteiger partial charge < -0.3 is 11.1 Å². The summed E-state index contributed by atoms with van der Waals surface area (Å²) in [5.74, 6) is -0.111. The van der Waals surface area contributed by atoms with Crippen molar-refractivity contribution in [3.63, 3.8) is 0 Å². The maximum Gasteiger partial charge on any atom is 0.263 e. The van der Waals surface area contributed by atoms with E-state index in [9.17, 15) is 4.79 Å². The number of hydrogen-bond acceptors (Lipinski definition) is 4. The standard InChI is InChI=1S/C11H14N4OS/c1-15-8(3-6-14-15)2-5-13-11(16)10-9(12)4-7-17-10/h3-4,6-7H,2,5,12H2,1H3,(H,13,16). The average Bonchev–Trinajstić information content (AvgIpc) is 2.88. The van der Waals surface area contributed by atoms with Crippen LogP contribution in [0.3, 0.4) is 0 Å². The smallest absolute Gasteiger partial charge is 0.263 e. The number of nitrogens with one attached hydrogen (secondary N) is 1. The molecule has 0 atom stereocenters. The summed E-state index contributed by atoms with van der Waals surface area (Å²) in [7, 11) is 1.88. The zero-order chi connectivity index (χ0) is 12.3. The van der Waals surface area contributed by atoms with Gasteiger partial charge in [-0.05, 0) is 17.5 Å². The van der Waals surface area contributed by atoms with Gasteiger partial charge in [-0.1, -0.05) is 0 Å². The zero-order valence-corrected chi connectivity index (χ0v) is 10.3. The quantitative estimate of drug-likeness (QED) is 0.851. The molecule has 17 heavy (non-hydrogen) atoms. The van der Waals surface area contributed by atoms with Crippen LogP contribution in [0.5, 0.6) is 0 Å². The summed E-state index contributed by atoms with van der Waals surface area (Å²) in [5.41, 5.74) is 7.29. The van der Waals surface area contributed by atoms with Crippen LogP contribution in [0.25, 0.3) is 0 Å². The number of carbonyl (C=O) groups excluding carboxylic acids is 1. The molecule has 0 aliphatic heterocycles. The summed E-state index contributed by atoms with van der Waals surface area (Å²) in [6.45, 7) is 0.579. The first kappa shape index (κ1) is 11.7. The first-order valence-electron chi connectivity index (χ1n) is 5.26. The second-order valence-corrected chi connectivity index (χ2v) is 4.57. The Balaban J connectivity index is 1.86. The Labute approximate surface area is 103 Å². The van der Waals surface area contributed by atoms with Gasteiger partial charge in [0.05, 0.1) is 5.69 Å². The molecule has 2 aromatic rings. The minimum atomic E-state index is -0.111. The van der Waals surface area contributed by atoms with Crippen LogP contribution in [0, 0.1) is 0 Å². The molecule has 0 bridgehead atoms. The number of carbonyl (C=O) groups is 1. The van der Waals surface area contributed by atoms with Crippen molar-refractivity contribution in [1.82, 2.24) is 15.1 Å².